The van der Waals surface area contributed by atoms with Crippen molar-refractivity contribution in [3.8, 4) is 6.07 Å². The molecular weight excluding hydrogens is 220 g/mol. The van der Waals surface area contributed by atoms with Gasteiger partial charge in [-0.2, -0.15) is 5.26 Å². The van der Waals surface area contributed by atoms with Crippen molar-refractivity contribution in [3.63, 3.8) is 0 Å². The quantitative estimate of drug-likeness (QED) is 0.756. The summed E-state index contributed by atoms with van der Waals surface area (Å²) in [6, 6.07) is 2.19. The summed E-state index contributed by atoms with van der Waals surface area (Å²) in [5.74, 6) is 1.11. The van der Waals surface area contributed by atoms with Crippen LogP contribution in [-0.2, 0) is 13.0 Å². The summed E-state index contributed by atoms with van der Waals surface area (Å²) in [4.78, 5) is 0. The summed E-state index contributed by atoms with van der Waals surface area (Å²) in [5.41, 5.74) is 0. The normalized spacial score (nSPS) is 17.2. The highest BCUT2D eigenvalue weighted by atomic mass is 32.2. The van der Waals surface area contributed by atoms with Gasteiger partial charge in [0, 0.05) is 24.6 Å². The number of nitriles is 1. The molecule has 1 aliphatic heterocycles. The van der Waals surface area contributed by atoms with Gasteiger partial charge in [0.15, 0.2) is 5.16 Å². The van der Waals surface area contributed by atoms with Gasteiger partial charge in [0.2, 0.25) is 0 Å². The molecule has 0 radical (unpaired) electrons. The Labute approximate surface area is 100 Å². The van der Waals surface area contributed by atoms with Gasteiger partial charge in [-0.15, -0.1) is 10.2 Å². The van der Waals surface area contributed by atoms with Gasteiger partial charge < -0.3 is 4.57 Å². The Morgan fingerprint density at radius 1 is 1.44 bits per heavy atom. The fourth-order valence-corrected chi connectivity index (χ4v) is 2.83. The van der Waals surface area contributed by atoms with Crippen molar-refractivity contribution in [2.24, 2.45) is 0 Å². The lowest BCUT2D eigenvalue weighted by atomic mass is 10.2. The van der Waals surface area contributed by atoms with Crippen LogP contribution in [0.15, 0.2) is 5.16 Å². The number of rotatable bonds is 3. The molecule has 0 spiro atoms. The zero-order valence-corrected chi connectivity index (χ0v) is 10.3. The van der Waals surface area contributed by atoms with Gasteiger partial charge >= 0.3 is 0 Å². The molecule has 0 aromatic carbocycles. The molecule has 0 saturated carbocycles. The molecule has 1 atom stereocenters. The molecule has 4 nitrogen and oxygen atoms in total. The van der Waals surface area contributed by atoms with Crippen LogP contribution >= 0.6 is 11.8 Å². The van der Waals surface area contributed by atoms with Crippen LogP contribution in [-0.4, -0.2) is 20.0 Å². The van der Waals surface area contributed by atoms with E-state index in [0.29, 0.717) is 11.7 Å². The first-order valence-corrected chi connectivity index (χ1v) is 6.65. The molecule has 0 amide bonds. The molecule has 1 aromatic heterocycles. The highest BCUT2D eigenvalue weighted by molar-refractivity contribution is 7.99. The van der Waals surface area contributed by atoms with Crippen molar-refractivity contribution in [1.29, 1.82) is 5.26 Å². The summed E-state index contributed by atoms with van der Waals surface area (Å²) in [6.45, 7) is 3.09. The molecule has 0 fully saturated rings. The van der Waals surface area contributed by atoms with Gasteiger partial charge in [-0.3, -0.25) is 0 Å². The number of fused-ring (bicyclic) bond motifs is 1. The predicted molar refractivity (Wildman–Crippen MR) is 63.1 cm³/mol. The Morgan fingerprint density at radius 2 is 2.31 bits per heavy atom. The lowest BCUT2D eigenvalue weighted by Crippen LogP contribution is -2.04. The first-order valence-electron chi connectivity index (χ1n) is 5.77. The van der Waals surface area contributed by atoms with Gasteiger partial charge in [-0.1, -0.05) is 25.1 Å². The molecule has 2 heterocycles. The first-order chi connectivity index (χ1) is 7.81. The summed E-state index contributed by atoms with van der Waals surface area (Å²) in [7, 11) is 0. The van der Waals surface area contributed by atoms with E-state index in [1.54, 1.807) is 11.8 Å². The van der Waals surface area contributed by atoms with E-state index in [1.807, 2.05) is 0 Å². The molecular formula is C11H16N4S. The number of hydrogen-bond acceptors (Lipinski definition) is 4. The SMILES string of the molecule is CC(CC#N)Sc1nnc2n1CCCCC2. The van der Waals surface area contributed by atoms with Gasteiger partial charge in [0.1, 0.15) is 5.82 Å². The van der Waals surface area contributed by atoms with E-state index >= 15 is 0 Å². The molecule has 16 heavy (non-hydrogen) atoms. The molecule has 1 unspecified atom stereocenters. The molecule has 86 valence electrons. The third-order valence-electron chi connectivity index (χ3n) is 2.76. The van der Waals surface area contributed by atoms with E-state index in [1.165, 1.54) is 19.3 Å². The highest BCUT2D eigenvalue weighted by Crippen LogP contribution is 2.26. The van der Waals surface area contributed by atoms with Crippen LogP contribution in [0.2, 0.25) is 0 Å². The lowest BCUT2D eigenvalue weighted by Gasteiger charge is -2.08. The fourth-order valence-electron chi connectivity index (χ4n) is 1.90. The van der Waals surface area contributed by atoms with Crippen LogP contribution in [0.4, 0.5) is 0 Å². The van der Waals surface area contributed by atoms with Crippen LogP contribution in [0.5, 0.6) is 0 Å². The molecule has 0 bridgehead atoms. The molecule has 1 aromatic rings. The Hall–Kier alpha value is -1.02. The number of nitrogens with zero attached hydrogens (tertiary/aromatic N) is 4. The predicted octanol–water partition coefficient (Wildman–Crippen LogP) is 2.40. The Balaban J connectivity index is 2.10. The maximum Gasteiger partial charge on any atom is 0.191 e. The summed E-state index contributed by atoms with van der Waals surface area (Å²) >= 11 is 1.67. The van der Waals surface area contributed by atoms with Gasteiger partial charge in [-0.05, 0) is 12.8 Å². The number of thioether (sulfide) groups is 1. The van der Waals surface area contributed by atoms with E-state index in [2.05, 4.69) is 27.8 Å². The maximum absolute atomic E-state index is 8.64. The van der Waals surface area contributed by atoms with E-state index < -0.39 is 0 Å². The molecule has 0 saturated heterocycles. The zero-order chi connectivity index (χ0) is 11.4. The topological polar surface area (TPSA) is 54.5 Å². The smallest absolute Gasteiger partial charge is 0.191 e. The van der Waals surface area contributed by atoms with Crippen molar-refractivity contribution >= 4 is 11.8 Å². The van der Waals surface area contributed by atoms with Crippen LogP contribution < -0.4 is 0 Å². The Morgan fingerprint density at radius 3 is 3.12 bits per heavy atom. The zero-order valence-electron chi connectivity index (χ0n) is 9.52. The molecule has 5 heteroatoms. The largest absolute Gasteiger partial charge is 0.306 e. The van der Waals surface area contributed by atoms with Gasteiger partial charge in [-0.25, -0.2) is 0 Å². The number of hydrogen-bond donors (Lipinski definition) is 0. The third kappa shape index (κ3) is 2.56. The van der Waals surface area contributed by atoms with E-state index in [-0.39, 0.29) is 0 Å². The van der Waals surface area contributed by atoms with E-state index in [4.69, 9.17) is 5.26 Å². The van der Waals surface area contributed by atoms with Crippen molar-refractivity contribution in [2.45, 2.75) is 56.0 Å². The average molecular weight is 236 g/mol. The van der Waals surface area contributed by atoms with E-state index in [9.17, 15) is 0 Å². The van der Waals surface area contributed by atoms with Crippen molar-refractivity contribution in [1.82, 2.24) is 14.8 Å². The molecule has 0 aliphatic carbocycles. The van der Waals surface area contributed by atoms with Gasteiger partial charge in [0.05, 0.1) is 6.07 Å². The van der Waals surface area contributed by atoms with Gasteiger partial charge in [0.25, 0.3) is 0 Å². The van der Waals surface area contributed by atoms with Crippen molar-refractivity contribution in [3.05, 3.63) is 5.82 Å². The van der Waals surface area contributed by atoms with Crippen LogP contribution in [0.1, 0.15) is 38.4 Å². The molecule has 1 aliphatic rings. The van der Waals surface area contributed by atoms with Crippen LogP contribution in [0.25, 0.3) is 0 Å². The number of aryl methyl sites for hydroxylation is 1. The van der Waals surface area contributed by atoms with Crippen molar-refractivity contribution < 1.29 is 0 Å². The maximum atomic E-state index is 8.64. The Bertz CT molecular complexity index is 393. The third-order valence-corrected chi connectivity index (χ3v) is 3.84. The lowest BCUT2D eigenvalue weighted by molar-refractivity contribution is 0.590. The minimum Gasteiger partial charge on any atom is -0.306 e. The molecule has 2 rings (SSSR count). The monoisotopic (exact) mass is 236 g/mol. The summed E-state index contributed by atoms with van der Waals surface area (Å²) in [5, 5.41) is 18.4. The number of aromatic nitrogens is 3. The minimum atomic E-state index is 0.293. The molecule has 0 N–H and O–H groups in total. The second-order valence-corrected chi connectivity index (χ2v) is 5.56. The minimum absolute atomic E-state index is 0.293. The second kappa shape index (κ2) is 5.35. The standard InChI is InChI=1S/C11H16N4S/c1-9(6-7-12)16-11-14-13-10-5-3-2-4-8-15(10)11/h9H,2-6,8H2,1H3. The summed E-state index contributed by atoms with van der Waals surface area (Å²) in [6.07, 6.45) is 5.32. The summed E-state index contributed by atoms with van der Waals surface area (Å²) < 4.78 is 2.23. The van der Waals surface area contributed by atoms with Crippen LogP contribution in [0.3, 0.4) is 0 Å². The van der Waals surface area contributed by atoms with E-state index in [0.717, 1.165) is 23.9 Å². The average Bonchev–Trinajstić information content (AvgIpc) is 2.51. The first kappa shape index (κ1) is 11.5. The fraction of sp³-hybridized carbons (Fsp3) is 0.727. The van der Waals surface area contributed by atoms with Crippen LogP contribution in [0, 0.1) is 11.3 Å². The van der Waals surface area contributed by atoms with Crippen molar-refractivity contribution in [2.75, 3.05) is 0 Å². The Kier molecular flexibility index (Phi) is 3.83. The second-order valence-electron chi connectivity index (χ2n) is 4.15. The highest BCUT2D eigenvalue weighted by Gasteiger charge is 2.16.